The van der Waals surface area contributed by atoms with Gasteiger partial charge in [-0.15, -0.1) is 0 Å². The Bertz CT molecular complexity index is 885. The van der Waals surface area contributed by atoms with Crippen LogP contribution in [0.4, 0.5) is 0 Å². The van der Waals surface area contributed by atoms with Crippen LogP contribution in [0.3, 0.4) is 0 Å². The van der Waals surface area contributed by atoms with Crippen molar-refractivity contribution >= 4 is 17.7 Å². The Labute approximate surface area is 171 Å². The molecule has 0 aliphatic rings. The molecule has 28 heavy (non-hydrogen) atoms. The lowest BCUT2D eigenvalue weighted by Crippen LogP contribution is -3.11. The van der Waals surface area contributed by atoms with Crippen molar-refractivity contribution in [2.75, 3.05) is 20.6 Å². The highest BCUT2D eigenvalue weighted by molar-refractivity contribution is 7.99. The summed E-state index contributed by atoms with van der Waals surface area (Å²) in [6.07, 6.45) is 2.65. The maximum Gasteiger partial charge on any atom is 0.254 e. The van der Waals surface area contributed by atoms with Gasteiger partial charge in [-0.05, 0) is 29.8 Å². The van der Waals surface area contributed by atoms with E-state index in [-0.39, 0.29) is 5.91 Å². The zero-order chi connectivity index (χ0) is 19.8. The maximum atomic E-state index is 12.9. The molecule has 0 radical (unpaired) electrons. The summed E-state index contributed by atoms with van der Waals surface area (Å²) in [5, 5.41) is 3.84. The van der Waals surface area contributed by atoms with Crippen molar-refractivity contribution < 1.29 is 9.69 Å². The molecule has 1 aromatic heterocycles. The van der Waals surface area contributed by atoms with Gasteiger partial charge in [-0.3, -0.25) is 4.79 Å². The SMILES string of the molecule is C[NH+](C)[C@H](CNC(=O)c1cccnc1Sc1ccccc1)Cc1ccccc1. The molecule has 4 nitrogen and oxygen atoms in total. The number of hydrogen-bond donors (Lipinski definition) is 2. The number of amides is 1. The second-order valence-electron chi connectivity index (χ2n) is 6.95. The number of nitrogens with one attached hydrogen (secondary N) is 2. The zero-order valence-electron chi connectivity index (χ0n) is 16.3. The Morgan fingerprint density at radius 1 is 1.00 bits per heavy atom. The van der Waals surface area contributed by atoms with Gasteiger partial charge in [0.2, 0.25) is 0 Å². The van der Waals surface area contributed by atoms with Crippen LogP contribution in [0, 0.1) is 0 Å². The summed E-state index contributed by atoms with van der Waals surface area (Å²) in [7, 11) is 4.25. The highest BCUT2D eigenvalue weighted by Gasteiger charge is 2.19. The number of likely N-dealkylation sites (N-methyl/N-ethyl adjacent to an activating group) is 1. The van der Waals surface area contributed by atoms with Crippen LogP contribution in [-0.2, 0) is 6.42 Å². The number of rotatable bonds is 8. The molecule has 1 heterocycles. The summed E-state index contributed by atoms with van der Waals surface area (Å²) in [5.74, 6) is -0.0779. The van der Waals surface area contributed by atoms with E-state index in [1.165, 1.54) is 22.2 Å². The van der Waals surface area contributed by atoms with Crippen LogP contribution < -0.4 is 10.2 Å². The van der Waals surface area contributed by atoms with Crippen molar-refractivity contribution in [3.05, 3.63) is 90.1 Å². The summed E-state index contributed by atoms with van der Waals surface area (Å²) >= 11 is 1.51. The molecule has 1 atom stereocenters. The van der Waals surface area contributed by atoms with E-state index in [0.29, 0.717) is 18.2 Å². The number of nitrogens with zero attached hydrogens (tertiary/aromatic N) is 1. The molecule has 0 saturated carbocycles. The number of carbonyl (C=O) groups is 1. The normalized spacial score (nSPS) is 12.0. The topological polar surface area (TPSA) is 46.4 Å². The summed E-state index contributed by atoms with van der Waals surface area (Å²) in [4.78, 5) is 19.7. The Balaban J connectivity index is 1.67. The third-order valence-electron chi connectivity index (χ3n) is 4.62. The van der Waals surface area contributed by atoms with Crippen molar-refractivity contribution in [2.45, 2.75) is 22.4 Å². The summed E-state index contributed by atoms with van der Waals surface area (Å²) in [5.41, 5.74) is 1.90. The number of pyridine rings is 1. The third-order valence-corrected chi connectivity index (χ3v) is 5.65. The van der Waals surface area contributed by atoms with E-state index in [0.717, 1.165) is 16.3 Å². The predicted molar refractivity (Wildman–Crippen MR) is 114 cm³/mol. The molecule has 1 amide bonds. The highest BCUT2D eigenvalue weighted by Crippen LogP contribution is 2.28. The van der Waals surface area contributed by atoms with Crippen molar-refractivity contribution in [1.82, 2.24) is 10.3 Å². The average Bonchev–Trinajstić information content (AvgIpc) is 2.72. The van der Waals surface area contributed by atoms with E-state index >= 15 is 0 Å². The molecule has 3 rings (SSSR count). The molecular formula is C23H26N3OS+. The molecule has 0 unspecified atom stereocenters. The number of aromatic nitrogens is 1. The Morgan fingerprint density at radius 2 is 1.68 bits per heavy atom. The first-order valence-corrected chi connectivity index (χ1v) is 10.2. The van der Waals surface area contributed by atoms with E-state index in [2.05, 4.69) is 48.7 Å². The first-order valence-electron chi connectivity index (χ1n) is 9.43. The van der Waals surface area contributed by atoms with Crippen molar-refractivity contribution in [2.24, 2.45) is 0 Å². The van der Waals surface area contributed by atoms with Gasteiger partial charge in [0.05, 0.1) is 26.2 Å². The van der Waals surface area contributed by atoms with Crippen molar-refractivity contribution in [1.29, 1.82) is 0 Å². The van der Waals surface area contributed by atoms with Crippen molar-refractivity contribution in [3.8, 4) is 0 Å². The largest absolute Gasteiger partial charge is 0.346 e. The molecule has 5 heteroatoms. The Kier molecular flexibility index (Phi) is 7.23. The van der Waals surface area contributed by atoms with Gasteiger partial charge in [0.25, 0.3) is 5.91 Å². The third kappa shape index (κ3) is 5.68. The molecule has 144 valence electrons. The lowest BCUT2D eigenvalue weighted by atomic mass is 10.1. The van der Waals surface area contributed by atoms with Crippen LogP contribution >= 0.6 is 11.8 Å². The van der Waals surface area contributed by atoms with Crippen LogP contribution in [0.2, 0.25) is 0 Å². The first kappa shape index (κ1) is 20.1. The van der Waals surface area contributed by atoms with Gasteiger partial charge >= 0.3 is 0 Å². The van der Waals surface area contributed by atoms with E-state index in [4.69, 9.17) is 0 Å². The summed E-state index contributed by atoms with van der Waals surface area (Å²) < 4.78 is 0. The smallest absolute Gasteiger partial charge is 0.254 e. The fourth-order valence-electron chi connectivity index (χ4n) is 2.94. The number of benzene rings is 2. The van der Waals surface area contributed by atoms with E-state index in [1.54, 1.807) is 6.20 Å². The first-order chi connectivity index (χ1) is 13.6. The minimum atomic E-state index is -0.0779. The lowest BCUT2D eigenvalue weighted by molar-refractivity contribution is -0.884. The van der Waals surface area contributed by atoms with Gasteiger partial charge in [-0.1, -0.05) is 60.3 Å². The molecule has 0 aliphatic heterocycles. The maximum absolute atomic E-state index is 12.9. The Morgan fingerprint density at radius 3 is 2.36 bits per heavy atom. The molecule has 2 N–H and O–H groups in total. The van der Waals surface area contributed by atoms with E-state index in [1.807, 2.05) is 48.5 Å². The molecule has 0 spiro atoms. The van der Waals surface area contributed by atoms with Crippen molar-refractivity contribution in [3.63, 3.8) is 0 Å². The van der Waals surface area contributed by atoms with Crippen LogP contribution in [0.5, 0.6) is 0 Å². The average molecular weight is 393 g/mol. The van der Waals surface area contributed by atoms with Gasteiger partial charge < -0.3 is 10.2 Å². The highest BCUT2D eigenvalue weighted by atomic mass is 32.2. The Hall–Kier alpha value is -2.63. The van der Waals surface area contributed by atoms with E-state index in [9.17, 15) is 4.79 Å². The summed E-state index contributed by atoms with van der Waals surface area (Å²) in [6, 6.07) is 24.3. The molecule has 0 bridgehead atoms. The van der Waals surface area contributed by atoms with Gasteiger partial charge in [-0.25, -0.2) is 4.98 Å². The van der Waals surface area contributed by atoms with Crippen LogP contribution in [0.15, 0.2) is 88.9 Å². The quantitative estimate of drug-likeness (QED) is 0.620. The molecule has 2 aromatic carbocycles. The molecule has 0 aliphatic carbocycles. The monoisotopic (exact) mass is 392 g/mol. The standard InChI is InChI=1S/C23H25N3OS/c1-26(2)19(16-18-10-5-3-6-11-18)17-25-22(27)21-14-9-15-24-23(21)28-20-12-7-4-8-13-20/h3-15,19H,16-17H2,1-2H3,(H,25,27)/p+1/t19-/m0/s1. The second kappa shape index (κ2) is 10.1. The molecule has 0 fully saturated rings. The van der Waals surface area contributed by atoms with Gasteiger partial charge in [0.15, 0.2) is 0 Å². The molecule has 3 aromatic rings. The fourth-order valence-corrected chi connectivity index (χ4v) is 3.84. The molecular weight excluding hydrogens is 366 g/mol. The van der Waals surface area contributed by atoms with Crippen LogP contribution in [0.25, 0.3) is 0 Å². The van der Waals surface area contributed by atoms with Crippen LogP contribution in [-0.4, -0.2) is 37.6 Å². The van der Waals surface area contributed by atoms with Crippen LogP contribution in [0.1, 0.15) is 15.9 Å². The predicted octanol–water partition coefficient (Wildman–Crippen LogP) is 2.72. The van der Waals surface area contributed by atoms with E-state index < -0.39 is 0 Å². The number of carbonyl (C=O) groups excluding carboxylic acids is 1. The minimum Gasteiger partial charge on any atom is -0.346 e. The molecule has 0 saturated heterocycles. The minimum absolute atomic E-state index is 0.0779. The lowest BCUT2D eigenvalue weighted by Gasteiger charge is -2.22. The zero-order valence-corrected chi connectivity index (χ0v) is 17.1. The second-order valence-corrected chi connectivity index (χ2v) is 8.01. The fraction of sp³-hybridized carbons (Fsp3) is 0.217. The summed E-state index contributed by atoms with van der Waals surface area (Å²) in [6.45, 7) is 0.612. The number of hydrogen-bond acceptors (Lipinski definition) is 3. The van der Waals surface area contributed by atoms with Gasteiger partial charge in [0.1, 0.15) is 11.1 Å². The number of quaternary nitrogens is 1. The van der Waals surface area contributed by atoms with Gasteiger partial charge in [0, 0.05) is 17.5 Å². The van der Waals surface area contributed by atoms with Gasteiger partial charge in [-0.2, -0.15) is 0 Å².